The summed E-state index contributed by atoms with van der Waals surface area (Å²) in [4.78, 5) is 4.50. The Labute approximate surface area is 112 Å². The van der Waals surface area contributed by atoms with Crippen molar-refractivity contribution in [2.45, 2.75) is 58.9 Å². The first-order valence-corrected chi connectivity index (χ1v) is 7.35. The monoisotopic (exact) mass is 248 g/mol. The van der Waals surface area contributed by atoms with Crippen molar-refractivity contribution in [1.82, 2.24) is 10.3 Å². The predicted molar refractivity (Wildman–Crippen MR) is 78.8 cm³/mol. The Morgan fingerprint density at radius 3 is 2.56 bits per heavy atom. The van der Waals surface area contributed by atoms with Crippen molar-refractivity contribution in [1.29, 1.82) is 0 Å². The summed E-state index contributed by atoms with van der Waals surface area (Å²) in [6, 6.07) is 6.73. The zero-order valence-electron chi connectivity index (χ0n) is 12.3. The van der Waals surface area contributed by atoms with E-state index in [-0.39, 0.29) is 0 Å². The van der Waals surface area contributed by atoms with Crippen LogP contribution in [0, 0.1) is 5.92 Å². The van der Waals surface area contributed by atoms with E-state index in [0.717, 1.165) is 6.54 Å². The first-order chi connectivity index (χ1) is 8.70. The molecule has 1 aromatic rings. The van der Waals surface area contributed by atoms with Crippen LogP contribution in [0.1, 0.15) is 58.6 Å². The molecule has 1 rings (SSSR count). The number of pyridine rings is 1. The average molecular weight is 248 g/mol. The van der Waals surface area contributed by atoms with Crippen LogP contribution in [-0.4, -0.2) is 17.6 Å². The molecule has 1 aromatic heterocycles. The molecular weight excluding hydrogens is 220 g/mol. The third-order valence-electron chi connectivity index (χ3n) is 3.76. The van der Waals surface area contributed by atoms with E-state index in [9.17, 15) is 0 Å². The lowest BCUT2D eigenvalue weighted by atomic mass is 9.85. The lowest BCUT2D eigenvalue weighted by Crippen LogP contribution is -2.39. The number of nitrogens with zero attached hydrogens (tertiary/aromatic N) is 1. The molecule has 0 radical (unpaired) electrons. The van der Waals surface area contributed by atoms with Crippen LogP contribution in [0.3, 0.4) is 0 Å². The van der Waals surface area contributed by atoms with Gasteiger partial charge in [0.1, 0.15) is 0 Å². The van der Waals surface area contributed by atoms with Crippen molar-refractivity contribution < 1.29 is 0 Å². The molecule has 0 aliphatic rings. The molecule has 0 aliphatic heterocycles. The quantitative estimate of drug-likeness (QED) is 0.752. The summed E-state index contributed by atoms with van der Waals surface area (Å²) in [6.07, 6.45) is 5.79. The molecule has 0 spiro atoms. The molecule has 1 heterocycles. The van der Waals surface area contributed by atoms with Crippen LogP contribution in [-0.2, 0) is 0 Å². The van der Waals surface area contributed by atoms with Crippen LogP contribution in [0.2, 0.25) is 0 Å². The van der Waals surface area contributed by atoms with Crippen LogP contribution in [0.4, 0.5) is 0 Å². The Morgan fingerprint density at radius 1 is 1.22 bits per heavy atom. The Kier molecular flexibility index (Phi) is 6.96. The van der Waals surface area contributed by atoms with Crippen LogP contribution < -0.4 is 5.32 Å². The van der Waals surface area contributed by atoms with Crippen molar-refractivity contribution in [2.24, 2.45) is 5.92 Å². The predicted octanol–water partition coefficient (Wildman–Crippen LogP) is 3.99. The van der Waals surface area contributed by atoms with Gasteiger partial charge in [-0.05, 0) is 31.0 Å². The summed E-state index contributed by atoms with van der Waals surface area (Å²) < 4.78 is 0. The zero-order chi connectivity index (χ0) is 13.4. The highest BCUT2D eigenvalue weighted by atomic mass is 14.9. The average Bonchev–Trinajstić information content (AvgIpc) is 2.42. The van der Waals surface area contributed by atoms with Gasteiger partial charge in [0, 0.05) is 23.9 Å². The van der Waals surface area contributed by atoms with Crippen LogP contribution >= 0.6 is 0 Å². The third-order valence-corrected chi connectivity index (χ3v) is 3.76. The van der Waals surface area contributed by atoms with Crippen molar-refractivity contribution in [3.8, 4) is 0 Å². The van der Waals surface area contributed by atoms with Crippen LogP contribution in [0.15, 0.2) is 24.4 Å². The van der Waals surface area contributed by atoms with E-state index in [4.69, 9.17) is 0 Å². The highest BCUT2D eigenvalue weighted by Gasteiger charge is 2.24. The Hall–Kier alpha value is -0.890. The van der Waals surface area contributed by atoms with Gasteiger partial charge in [0.2, 0.25) is 0 Å². The normalized spacial score (nSPS) is 16.2. The fourth-order valence-corrected chi connectivity index (χ4v) is 2.64. The van der Waals surface area contributed by atoms with Gasteiger partial charge in [-0.1, -0.05) is 46.6 Å². The highest BCUT2D eigenvalue weighted by Crippen LogP contribution is 2.25. The number of hydrogen-bond donors (Lipinski definition) is 1. The van der Waals surface area contributed by atoms with E-state index in [2.05, 4.69) is 50.1 Å². The molecule has 1 N–H and O–H groups in total. The van der Waals surface area contributed by atoms with Gasteiger partial charge in [-0.25, -0.2) is 0 Å². The molecule has 102 valence electrons. The molecule has 0 saturated carbocycles. The second kappa shape index (κ2) is 8.25. The topological polar surface area (TPSA) is 24.9 Å². The molecule has 0 bridgehead atoms. The first-order valence-electron chi connectivity index (χ1n) is 7.35. The molecule has 0 saturated heterocycles. The molecule has 3 atom stereocenters. The van der Waals surface area contributed by atoms with E-state index >= 15 is 0 Å². The summed E-state index contributed by atoms with van der Waals surface area (Å²) in [6.45, 7) is 10.1. The summed E-state index contributed by atoms with van der Waals surface area (Å²) in [5.41, 5.74) is 1.20. The standard InChI is InChI=1S/C16H28N2/c1-5-7-10-13(3)16(17-6-2)14(4)15-11-8-9-12-18-15/h8-9,11-14,16-17H,5-7,10H2,1-4H3. The van der Waals surface area contributed by atoms with Gasteiger partial charge in [0.25, 0.3) is 0 Å². The van der Waals surface area contributed by atoms with E-state index < -0.39 is 0 Å². The molecule has 2 heteroatoms. The van der Waals surface area contributed by atoms with Gasteiger partial charge in [0.05, 0.1) is 0 Å². The van der Waals surface area contributed by atoms with E-state index in [1.165, 1.54) is 25.0 Å². The summed E-state index contributed by atoms with van der Waals surface area (Å²) in [7, 11) is 0. The molecular formula is C16H28N2. The number of rotatable bonds is 8. The van der Waals surface area contributed by atoms with Gasteiger partial charge < -0.3 is 5.32 Å². The lowest BCUT2D eigenvalue weighted by Gasteiger charge is -2.30. The minimum atomic E-state index is 0.470. The second-order valence-electron chi connectivity index (χ2n) is 5.25. The SMILES string of the molecule is CCCCC(C)C(NCC)C(C)c1ccccn1. The molecule has 0 amide bonds. The highest BCUT2D eigenvalue weighted by molar-refractivity contribution is 5.11. The lowest BCUT2D eigenvalue weighted by molar-refractivity contribution is 0.315. The fourth-order valence-electron chi connectivity index (χ4n) is 2.64. The molecule has 3 unspecified atom stereocenters. The summed E-state index contributed by atoms with van der Waals surface area (Å²) in [5.74, 6) is 1.17. The van der Waals surface area contributed by atoms with Crippen LogP contribution in [0.5, 0.6) is 0 Å². The number of hydrogen-bond acceptors (Lipinski definition) is 2. The Morgan fingerprint density at radius 2 is 2.00 bits per heavy atom. The minimum Gasteiger partial charge on any atom is -0.313 e. The van der Waals surface area contributed by atoms with E-state index in [0.29, 0.717) is 17.9 Å². The maximum atomic E-state index is 4.50. The number of unbranched alkanes of at least 4 members (excludes halogenated alkanes) is 1. The fraction of sp³-hybridized carbons (Fsp3) is 0.688. The third kappa shape index (κ3) is 4.41. The number of likely N-dealkylation sites (N-methyl/N-ethyl adjacent to an activating group) is 1. The second-order valence-corrected chi connectivity index (χ2v) is 5.25. The van der Waals surface area contributed by atoms with Gasteiger partial charge in [0.15, 0.2) is 0 Å². The van der Waals surface area contributed by atoms with E-state index in [1.807, 2.05) is 12.3 Å². The van der Waals surface area contributed by atoms with Crippen molar-refractivity contribution in [2.75, 3.05) is 6.54 Å². The molecule has 0 aromatic carbocycles. The molecule has 18 heavy (non-hydrogen) atoms. The van der Waals surface area contributed by atoms with Gasteiger partial charge >= 0.3 is 0 Å². The largest absolute Gasteiger partial charge is 0.313 e. The Bertz CT molecular complexity index is 310. The first kappa shape index (κ1) is 15.2. The molecule has 0 aliphatic carbocycles. The zero-order valence-corrected chi connectivity index (χ0v) is 12.3. The van der Waals surface area contributed by atoms with Gasteiger partial charge in [-0.3, -0.25) is 4.98 Å². The Balaban J connectivity index is 2.71. The van der Waals surface area contributed by atoms with Gasteiger partial charge in [-0.15, -0.1) is 0 Å². The van der Waals surface area contributed by atoms with Gasteiger partial charge in [-0.2, -0.15) is 0 Å². The maximum Gasteiger partial charge on any atom is 0.0447 e. The smallest absolute Gasteiger partial charge is 0.0447 e. The maximum absolute atomic E-state index is 4.50. The van der Waals surface area contributed by atoms with Crippen molar-refractivity contribution in [3.63, 3.8) is 0 Å². The number of nitrogens with one attached hydrogen (secondary N) is 1. The van der Waals surface area contributed by atoms with E-state index in [1.54, 1.807) is 0 Å². The summed E-state index contributed by atoms with van der Waals surface area (Å²) in [5, 5.41) is 3.65. The molecule has 0 fully saturated rings. The summed E-state index contributed by atoms with van der Waals surface area (Å²) >= 11 is 0. The number of aromatic nitrogens is 1. The van der Waals surface area contributed by atoms with Crippen LogP contribution in [0.25, 0.3) is 0 Å². The molecule has 2 nitrogen and oxygen atoms in total. The minimum absolute atomic E-state index is 0.470. The van der Waals surface area contributed by atoms with Crippen molar-refractivity contribution >= 4 is 0 Å². The van der Waals surface area contributed by atoms with Crippen molar-refractivity contribution in [3.05, 3.63) is 30.1 Å².